The maximum atomic E-state index is 12.4. The summed E-state index contributed by atoms with van der Waals surface area (Å²) in [6.07, 6.45) is 3.79. The van der Waals surface area contributed by atoms with Crippen LogP contribution in [0.3, 0.4) is 0 Å². The van der Waals surface area contributed by atoms with Crippen molar-refractivity contribution in [3.05, 3.63) is 66.2 Å². The van der Waals surface area contributed by atoms with Gasteiger partial charge in [-0.15, -0.1) is 0 Å². The van der Waals surface area contributed by atoms with Gasteiger partial charge >= 0.3 is 0 Å². The van der Waals surface area contributed by atoms with Gasteiger partial charge in [-0.05, 0) is 44.2 Å². The molecule has 2 aromatic heterocycles. The Morgan fingerprint density at radius 1 is 1.16 bits per heavy atom. The van der Waals surface area contributed by atoms with E-state index in [0.717, 1.165) is 5.69 Å². The Kier molecular flexibility index (Phi) is 4.65. The van der Waals surface area contributed by atoms with Gasteiger partial charge in [0.15, 0.2) is 5.82 Å². The van der Waals surface area contributed by atoms with Gasteiger partial charge in [0.2, 0.25) is 5.91 Å². The predicted octanol–water partition coefficient (Wildman–Crippen LogP) is 2.53. The van der Waals surface area contributed by atoms with Gasteiger partial charge in [-0.2, -0.15) is 0 Å². The highest BCUT2D eigenvalue weighted by atomic mass is 16.5. The monoisotopic (exact) mass is 338 g/mol. The number of hydrogen-bond acceptors (Lipinski definition) is 4. The van der Waals surface area contributed by atoms with Crippen LogP contribution in [-0.2, 0) is 4.79 Å². The van der Waals surface area contributed by atoms with E-state index in [0.29, 0.717) is 17.1 Å². The van der Waals surface area contributed by atoms with Crippen LogP contribution in [0, 0.1) is 6.92 Å². The molecule has 2 amide bonds. The fraction of sp³-hybridized carbons (Fsp3) is 0.167. The van der Waals surface area contributed by atoms with E-state index in [1.165, 1.54) is 0 Å². The molecule has 2 heterocycles. The molecule has 0 aliphatic heterocycles. The molecule has 25 heavy (non-hydrogen) atoms. The summed E-state index contributed by atoms with van der Waals surface area (Å²) in [6, 6.07) is 11.9. The van der Waals surface area contributed by atoms with Crippen molar-refractivity contribution in [3.8, 4) is 5.69 Å². The molecular formula is C18H18N4O3. The Morgan fingerprint density at radius 2 is 1.92 bits per heavy atom. The van der Waals surface area contributed by atoms with E-state index in [4.69, 9.17) is 4.52 Å². The van der Waals surface area contributed by atoms with Gasteiger partial charge in [-0.25, -0.2) is 0 Å². The zero-order valence-electron chi connectivity index (χ0n) is 13.9. The van der Waals surface area contributed by atoms with Crippen molar-refractivity contribution >= 4 is 17.6 Å². The highest BCUT2D eigenvalue weighted by Crippen LogP contribution is 2.12. The summed E-state index contributed by atoms with van der Waals surface area (Å²) >= 11 is 0. The number of amides is 2. The molecule has 0 aliphatic carbocycles. The summed E-state index contributed by atoms with van der Waals surface area (Å²) in [5.74, 6) is 0.211. The topological polar surface area (TPSA) is 89.2 Å². The summed E-state index contributed by atoms with van der Waals surface area (Å²) in [7, 11) is 0. The lowest BCUT2D eigenvalue weighted by atomic mass is 10.1. The molecule has 0 fully saturated rings. The molecular weight excluding hydrogens is 320 g/mol. The normalized spacial score (nSPS) is 11.8. The van der Waals surface area contributed by atoms with Crippen LogP contribution in [-0.4, -0.2) is 27.6 Å². The minimum atomic E-state index is -0.722. The number of rotatable bonds is 5. The molecule has 0 radical (unpaired) electrons. The Labute approximate surface area is 144 Å². The molecule has 0 saturated heterocycles. The third kappa shape index (κ3) is 3.95. The Balaban J connectivity index is 1.65. The van der Waals surface area contributed by atoms with Gasteiger partial charge < -0.3 is 19.7 Å². The molecule has 7 heteroatoms. The van der Waals surface area contributed by atoms with Gasteiger partial charge in [0, 0.05) is 29.7 Å². The van der Waals surface area contributed by atoms with E-state index in [9.17, 15) is 9.59 Å². The highest BCUT2D eigenvalue weighted by molar-refractivity contribution is 6.00. The predicted molar refractivity (Wildman–Crippen MR) is 92.6 cm³/mol. The number of carbonyl (C=O) groups is 2. The largest absolute Gasteiger partial charge is 0.360 e. The fourth-order valence-corrected chi connectivity index (χ4v) is 2.32. The summed E-state index contributed by atoms with van der Waals surface area (Å²) in [5.41, 5.74) is 1.34. The minimum Gasteiger partial charge on any atom is -0.360 e. The smallest absolute Gasteiger partial charge is 0.251 e. The first kappa shape index (κ1) is 16.5. The van der Waals surface area contributed by atoms with Crippen LogP contribution in [0.4, 0.5) is 5.82 Å². The molecule has 1 atom stereocenters. The minimum absolute atomic E-state index is 0.318. The molecule has 2 N–H and O–H groups in total. The van der Waals surface area contributed by atoms with E-state index in [2.05, 4.69) is 15.8 Å². The van der Waals surface area contributed by atoms with Crippen molar-refractivity contribution in [3.63, 3.8) is 0 Å². The van der Waals surface area contributed by atoms with Crippen LogP contribution in [0.2, 0.25) is 0 Å². The molecule has 0 unspecified atom stereocenters. The van der Waals surface area contributed by atoms with Crippen LogP contribution >= 0.6 is 0 Å². The number of nitrogens with one attached hydrogen (secondary N) is 2. The Morgan fingerprint density at radius 3 is 2.60 bits per heavy atom. The number of anilines is 1. The van der Waals surface area contributed by atoms with Crippen molar-refractivity contribution < 1.29 is 14.1 Å². The summed E-state index contributed by atoms with van der Waals surface area (Å²) < 4.78 is 6.79. The van der Waals surface area contributed by atoms with Crippen molar-refractivity contribution in [1.82, 2.24) is 15.0 Å². The first-order valence-electron chi connectivity index (χ1n) is 7.81. The van der Waals surface area contributed by atoms with Crippen LogP contribution in [0.1, 0.15) is 23.0 Å². The SMILES string of the molecule is Cc1cc(NC(=O)[C@@H](C)NC(=O)c2cccc(-n3cccc3)c2)no1. The lowest BCUT2D eigenvalue weighted by molar-refractivity contribution is -0.117. The molecule has 3 aromatic rings. The molecule has 7 nitrogen and oxygen atoms in total. The number of benzene rings is 1. The zero-order valence-corrected chi connectivity index (χ0v) is 13.9. The van der Waals surface area contributed by atoms with Crippen LogP contribution in [0.15, 0.2) is 59.4 Å². The van der Waals surface area contributed by atoms with E-state index in [1.54, 1.807) is 38.1 Å². The van der Waals surface area contributed by atoms with Crippen LogP contribution in [0.25, 0.3) is 5.69 Å². The Hall–Kier alpha value is -3.35. The van der Waals surface area contributed by atoms with E-state index in [-0.39, 0.29) is 11.8 Å². The average molecular weight is 338 g/mol. The first-order valence-corrected chi connectivity index (χ1v) is 7.81. The third-order valence-corrected chi connectivity index (χ3v) is 3.63. The second kappa shape index (κ2) is 7.04. The van der Waals surface area contributed by atoms with Crippen molar-refractivity contribution in [2.45, 2.75) is 19.9 Å². The molecule has 0 spiro atoms. The maximum Gasteiger partial charge on any atom is 0.251 e. The lowest BCUT2D eigenvalue weighted by Crippen LogP contribution is -2.41. The summed E-state index contributed by atoms with van der Waals surface area (Å²) in [6.45, 7) is 3.33. The molecule has 128 valence electrons. The number of aryl methyl sites for hydroxylation is 1. The van der Waals surface area contributed by atoms with Crippen LogP contribution < -0.4 is 10.6 Å². The maximum absolute atomic E-state index is 12.4. The molecule has 3 rings (SSSR count). The van der Waals surface area contributed by atoms with Gasteiger partial charge in [0.25, 0.3) is 5.91 Å². The molecule has 1 aromatic carbocycles. The molecule has 0 saturated carbocycles. The van der Waals surface area contributed by atoms with Crippen LogP contribution in [0.5, 0.6) is 0 Å². The van der Waals surface area contributed by atoms with Crippen molar-refractivity contribution in [2.75, 3.05) is 5.32 Å². The first-order chi connectivity index (χ1) is 12.0. The summed E-state index contributed by atoms with van der Waals surface area (Å²) in [4.78, 5) is 24.5. The van der Waals surface area contributed by atoms with E-state index < -0.39 is 6.04 Å². The Bertz CT molecular complexity index is 883. The molecule has 0 bridgehead atoms. The number of nitrogens with zero attached hydrogens (tertiary/aromatic N) is 2. The number of carbonyl (C=O) groups excluding carboxylic acids is 2. The second-order valence-corrected chi connectivity index (χ2v) is 5.65. The molecule has 0 aliphatic rings. The van der Waals surface area contributed by atoms with E-state index in [1.807, 2.05) is 35.2 Å². The van der Waals surface area contributed by atoms with Gasteiger partial charge in [-0.1, -0.05) is 11.2 Å². The van der Waals surface area contributed by atoms with E-state index >= 15 is 0 Å². The quantitative estimate of drug-likeness (QED) is 0.748. The summed E-state index contributed by atoms with van der Waals surface area (Å²) in [5, 5.41) is 8.96. The van der Waals surface area contributed by atoms with Crippen molar-refractivity contribution in [2.24, 2.45) is 0 Å². The number of aromatic nitrogens is 2. The number of hydrogen-bond donors (Lipinski definition) is 2. The lowest BCUT2D eigenvalue weighted by Gasteiger charge is -2.13. The standard InChI is InChI=1S/C18H18N4O3/c1-12-10-16(21-25-12)20-17(23)13(2)19-18(24)14-6-5-7-15(11-14)22-8-3-4-9-22/h3-11,13H,1-2H3,(H,19,24)(H,20,21,23)/t13-/m1/s1. The highest BCUT2D eigenvalue weighted by Gasteiger charge is 2.18. The van der Waals surface area contributed by atoms with Crippen molar-refractivity contribution in [1.29, 1.82) is 0 Å². The average Bonchev–Trinajstić information content (AvgIpc) is 3.27. The zero-order chi connectivity index (χ0) is 17.8. The van der Waals surface area contributed by atoms with Gasteiger partial charge in [0.05, 0.1) is 0 Å². The third-order valence-electron chi connectivity index (χ3n) is 3.63. The van der Waals surface area contributed by atoms with Gasteiger partial charge in [0.1, 0.15) is 11.8 Å². The van der Waals surface area contributed by atoms with Gasteiger partial charge in [-0.3, -0.25) is 9.59 Å². The fourth-order valence-electron chi connectivity index (χ4n) is 2.32. The second-order valence-electron chi connectivity index (χ2n) is 5.65.